The summed E-state index contributed by atoms with van der Waals surface area (Å²) in [5, 5.41) is 26.7. The topological polar surface area (TPSA) is 19.7 Å². The van der Waals surface area contributed by atoms with Gasteiger partial charge in [0.25, 0.3) is 0 Å². The average Bonchev–Trinajstić information content (AvgIpc) is 1.48. The third-order valence-electron chi connectivity index (χ3n) is 30.0. The first-order valence-corrected chi connectivity index (χ1v) is 49.8. The summed E-state index contributed by atoms with van der Waals surface area (Å²) in [4.78, 5) is 0. The molecule has 0 bridgehead atoms. The number of benzene rings is 25. The smallest absolute Gasteiger partial charge is 0.0625 e. The van der Waals surface area contributed by atoms with Crippen LogP contribution in [-0.4, -0.2) is 18.3 Å². The molecule has 0 spiro atoms. The first kappa shape index (κ1) is 83.2. The van der Waals surface area contributed by atoms with Gasteiger partial charge in [0.15, 0.2) is 0 Å². The van der Waals surface area contributed by atoms with E-state index in [1.165, 1.54) is 241 Å². The van der Waals surface area contributed by atoms with Gasteiger partial charge in [0.2, 0.25) is 0 Å². The summed E-state index contributed by atoms with van der Waals surface area (Å²) in [6, 6.07) is 201. The van der Waals surface area contributed by atoms with E-state index < -0.39 is 0 Å². The van der Waals surface area contributed by atoms with Crippen LogP contribution in [0.3, 0.4) is 0 Å². The summed E-state index contributed by atoms with van der Waals surface area (Å²) in [6.45, 7) is 0. The fourth-order valence-electron chi connectivity index (χ4n) is 23.9. The molecule has 4 heteroatoms. The van der Waals surface area contributed by atoms with Crippen molar-refractivity contribution in [1.82, 2.24) is 18.3 Å². The summed E-state index contributed by atoms with van der Waals surface area (Å²) < 4.78 is 10.2. The van der Waals surface area contributed by atoms with Crippen molar-refractivity contribution in [3.05, 3.63) is 546 Å². The molecule has 0 aliphatic heterocycles. The number of nitrogens with zero attached hydrogens (tertiary/aromatic N) is 4. The van der Waals surface area contributed by atoms with Crippen LogP contribution in [0.2, 0.25) is 0 Å². The van der Waals surface area contributed by atoms with Crippen LogP contribution in [0.15, 0.2) is 546 Å². The largest absolute Gasteiger partial charge is 0.309 e. The van der Waals surface area contributed by atoms with Crippen molar-refractivity contribution in [2.75, 3.05) is 0 Å². The van der Waals surface area contributed by atoms with E-state index in [4.69, 9.17) is 0 Å². The van der Waals surface area contributed by atoms with Crippen LogP contribution in [0.25, 0.3) is 275 Å². The van der Waals surface area contributed by atoms with Crippen molar-refractivity contribution in [1.29, 1.82) is 0 Å². The van der Waals surface area contributed by atoms with Crippen LogP contribution in [0.1, 0.15) is 0 Å². The Hall–Kier alpha value is -19.0. The maximum Gasteiger partial charge on any atom is 0.0625 e. The van der Waals surface area contributed by atoms with Crippen LogP contribution >= 0.6 is 0 Å². The van der Waals surface area contributed by atoms with Crippen molar-refractivity contribution in [2.45, 2.75) is 0 Å². The molecule has 0 saturated heterocycles. The molecule has 0 unspecified atom stereocenters. The molecular formula is C140H90N4. The van der Waals surface area contributed by atoms with Crippen molar-refractivity contribution >= 4 is 141 Å². The summed E-state index contributed by atoms with van der Waals surface area (Å²) in [7, 11) is 0. The number of para-hydroxylation sites is 4. The van der Waals surface area contributed by atoms with E-state index >= 15 is 0 Å². The van der Waals surface area contributed by atoms with Crippen molar-refractivity contribution < 1.29 is 0 Å². The molecule has 0 aliphatic rings. The lowest BCUT2D eigenvalue weighted by molar-refractivity contribution is 1.14. The second-order valence-electron chi connectivity index (χ2n) is 37.8. The molecule has 29 aromatic rings. The van der Waals surface area contributed by atoms with Gasteiger partial charge < -0.3 is 18.3 Å². The second kappa shape index (κ2) is 34.6. The molecule has 4 heterocycles. The molecular weight excluding hydrogens is 1740 g/mol. The molecule has 0 aliphatic carbocycles. The van der Waals surface area contributed by atoms with E-state index in [0.717, 1.165) is 33.8 Å². The first-order valence-electron chi connectivity index (χ1n) is 49.8. The van der Waals surface area contributed by atoms with E-state index in [2.05, 4.69) is 564 Å². The molecule has 144 heavy (non-hydrogen) atoms. The molecule has 0 fully saturated rings. The lowest BCUT2D eigenvalue weighted by Gasteiger charge is -2.22. The van der Waals surface area contributed by atoms with E-state index in [9.17, 15) is 0 Å². The SMILES string of the molecule is c1ccc(-c2c(-c3ccccc3)n(-c3cc4c5ccccc5c(-n5c(-c6ccccc6)c(-c6ccccc6)c6ccccc65)cc4c4ccccc34)c3ccccc23)cc1.c1ccc(-c2c3ccc(-n4c(-c5cccc6ccccc56)c(-c5cccc6ccccc56)c5ccccc54)cc3c(-c3ccccc3)c3ccc(-n4c(-c5cccc6ccccc56)c(-c5cccc6ccccc56)c5ccccc54)cc23)cc1. The van der Waals surface area contributed by atoms with Crippen molar-refractivity contribution in [2.24, 2.45) is 0 Å². The highest BCUT2D eigenvalue weighted by Crippen LogP contribution is 2.55. The van der Waals surface area contributed by atoms with Crippen LogP contribution in [0.4, 0.5) is 0 Å². The van der Waals surface area contributed by atoms with Crippen molar-refractivity contribution in [3.63, 3.8) is 0 Å². The van der Waals surface area contributed by atoms with Crippen LogP contribution < -0.4 is 0 Å². The maximum absolute atomic E-state index is 2.55. The Morgan fingerprint density at radius 3 is 0.674 bits per heavy atom. The Bertz CT molecular complexity index is 9590. The summed E-state index contributed by atoms with van der Waals surface area (Å²) >= 11 is 0. The van der Waals surface area contributed by atoms with Gasteiger partial charge >= 0.3 is 0 Å². The van der Waals surface area contributed by atoms with Crippen LogP contribution in [0.5, 0.6) is 0 Å². The monoisotopic (exact) mass is 1830 g/mol. The van der Waals surface area contributed by atoms with Gasteiger partial charge in [-0.05, 0) is 202 Å². The zero-order valence-electron chi connectivity index (χ0n) is 78.8. The van der Waals surface area contributed by atoms with Crippen LogP contribution in [0, 0.1) is 0 Å². The van der Waals surface area contributed by atoms with E-state index in [0.29, 0.717) is 0 Å². The molecule has 25 aromatic carbocycles. The molecule has 0 N–H and O–H groups in total. The summed E-state index contributed by atoms with van der Waals surface area (Å²) in [5.74, 6) is 0. The Morgan fingerprint density at radius 1 is 0.111 bits per heavy atom. The molecule has 670 valence electrons. The van der Waals surface area contributed by atoms with Crippen molar-refractivity contribution in [3.8, 4) is 135 Å². The second-order valence-corrected chi connectivity index (χ2v) is 37.8. The average molecular weight is 1830 g/mol. The Kier molecular flexibility index (Phi) is 20.0. The number of fused-ring (bicyclic) bond motifs is 15. The third-order valence-corrected chi connectivity index (χ3v) is 30.0. The normalized spacial score (nSPS) is 11.8. The molecule has 29 rings (SSSR count). The fraction of sp³-hybridized carbons (Fsp3) is 0. The predicted molar refractivity (Wildman–Crippen MR) is 612 cm³/mol. The predicted octanol–water partition coefficient (Wildman–Crippen LogP) is 38.2. The quantitative estimate of drug-likeness (QED) is 0.0764. The molecule has 0 atom stereocenters. The van der Waals surface area contributed by atoms with E-state index in [1.54, 1.807) is 0 Å². The molecule has 4 aromatic heterocycles. The van der Waals surface area contributed by atoms with Gasteiger partial charge in [-0.15, -0.1) is 0 Å². The highest BCUT2D eigenvalue weighted by atomic mass is 15.0. The minimum atomic E-state index is 1.10. The number of aromatic nitrogens is 4. The van der Waals surface area contributed by atoms with E-state index in [1.807, 2.05) is 0 Å². The van der Waals surface area contributed by atoms with Gasteiger partial charge in [-0.2, -0.15) is 0 Å². The Balaban J connectivity index is 0.000000148. The lowest BCUT2D eigenvalue weighted by Crippen LogP contribution is -2.02. The molecule has 0 saturated carbocycles. The molecule has 0 amide bonds. The Labute approximate surface area is 833 Å². The third kappa shape index (κ3) is 13.4. The highest BCUT2D eigenvalue weighted by molar-refractivity contribution is 6.26. The van der Waals surface area contributed by atoms with E-state index in [-0.39, 0.29) is 0 Å². The van der Waals surface area contributed by atoms with Gasteiger partial charge in [0.05, 0.1) is 56.2 Å². The van der Waals surface area contributed by atoms with Gasteiger partial charge in [0.1, 0.15) is 0 Å². The molecule has 4 nitrogen and oxygen atoms in total. The highest BCUT2D eigenvalue weighted by Gasteiger charge is 2.32. The summed E-state index contributed by atoms with van der Waals surface area (Å²) in [6.07, 6.45) is 0. The minimum absolute atomic E-state index is 1.10. The Morgan fingerprint density at radius 2 is 0.347 bits per heavy atom. The number of hydrogen-bond acceptors (Lipinski definition) is 0. The zero-order valence-corrected chi connectivity index (χ0v) is 78.8. The standard InChI is InChI=1S/C82H52N2.C58H38N2/c1-3-27-57(28-4-1)77-67-49-47-60(84-76-46-18-16-40-72(76)80(66-42-20-32-54-24-8-12-36-62(54)66)82(84)70-44-22-34-56-26-10-14-38-64(56)70)52-74(67)78(58-29-5-2-6-30-58)68-50-48-59(51-73(68)77)83-75-45-17-15-39-71(75)79(65-41-19-31-53-23-7-11-35-61(53)65)81(83)69-43-21-33-55-25-9-13-37-63(55)69;1-5-21-39(22-6-1)55-47-33-17-19-35-51(47)59(57(55)41-25-9-3-10-26-41)53-37-49-44-30-14-16-32-46(44)54(38-50(49)43-29-13-15-31-45(43)53)60-52-36-20-18-34-48(52)56(40-23-7-2-8-24-40)58(60)42-27-11-4-12-28-42/h1-52H;1-38H. The van der Waals surface area contributed by atoms with Gasteiger partial charge in [0, 0.05) is 77.1 Å². The van der Waals surface area contributed by atoms with Crippen LogP contribution in [-0.2, 0) is 0 Å². The minimum Gasteiger partial charge on any atom is -0.309 e. The number of hydrogen-bond donors (Lipinski definition) is 0. The number of rotatable bonds is 14. The first-order chi connectivity index (χ1) is 71.6. The van der Waals surface area contributed by atoms with Gasteiger partial charge in [-0.1, -0.05) is 485 Å². The van der Waals surface area contributed by atoms with Gasteiger partial charge in [-0.25, -0.2) is 0 Å². The van der Waals surface area contributed by atoms with Gasteiger partial charge in [-0.3, -0.25) is 0 Å². The molecule has 0 radical (unpaired) electrons. The zero-order chi connectivity index (χ0) is 94.8. The maximum atomic E-state index is 2.55. The fourth-order valence-corrected chi connectivity index (χ4v) is 23.9. The summed E-state index contributed by atoms with van der Waals surface area (Å²) in [5.41, 5.74) is 33.2. The lowest BCUT2D eigenvalue weighted by atomic mass is 9.85.